The standard InChI is InChI=1S/C13H15ClN2O/c1-3-6-16(7-8-17-2)13-5-4-11(10-15)9-12(13)14/h3-5,9H,1,6-8H2,2H3. The highest BCUT2D eigenvalue weighted by Gasteiger charge is 2.09. The van der Waals surface area contributed by atoms with Gasteiger partial charge in [0, 0.05) is 20.2 Å². The van der Waals surface area contributed by atoms with Crippen LogP contribution in [0, 0.1) is 11.3 Å². The molecule has 0 spiro atoms. The summed E-state index contributed by atoms with van der Waals surface area (Å²) in [5.41, 5.74) is 1.45. The Morgan fingerprint density at radius 1 is 1.59 bits per heavy atom. The van der Waals surface area contributed by atoms with Gasteiger partial charge in [0.25, 0.3) is 0 Å². The molecule has 90 valence electrons. The maximum Gasteiger partial charge on any atom is 0.0992 e. The Morgan fingerprint density at radius 2 is 2.35 bits per heavy atom. The number of ether oxygens (including phenoxy) is 1. The molecule has 0 aliphatic rings. The minimum atomic E-state index is 0.559. The van der Waals surface area contributed by atoms with Crippen LogP contribution in [-0.2, 0) is 4.74 Å². The quantitative estimate of drug-likeness (QED) is 0.729. The zero-order chi connectivity index (χ0) is 12.7. The van der Waals surface area contributed by atoms with Gasteiger partial charge in [0.15, 0.2) is 0 Å². The van der Waals surface area contributed by atoms with Crippen LogP contribution in [0.2, 0.25) is 5.02 Å². The fourth-order valence-corrected chi connectivity index (χ4v) is 1.80. The highest BCUT2D eigenvalue weighted by atomic mass is 35.5. The average Bonchev–Trinajstić information content (AvgIpc) is 2.34. The van der Waals surface area contributed by atoms with E-state index in [4.69, 9.17) is 21.6 Å². The molecule has 4 heteroatoms. The van der Waals surface area contributed by atoms with Gasteiger partial charge in [-0.15, -0.1) is 6.58 Å². The van der Waals surface area contributed by atoms with Crippen LogP contribution >= 0.6 is 11.6 Å². The van der Waals surface area contributed by atoms with Gasteiger partial charge in [-0.2, -0.15) is 5.26 Å². The van der Waals surface area contributed by atoms with Crippen LogP contribution in [0.1, 0.15) is 5.56 Å². The van der Waals surface area contributed by atoms with Crippen molar-refractivity contribution >= 4 is 17.3 Å². The Bertz CT molecular complexity index is 426. The van der Waals surface area contributed by atoms with Crippen LogP contribution in [0.4, 0.5) is 5.69 Å². The van der Waals surface area contributed by atoms with E-state index in [2.05, 4.69) is 17.5 Å². The van der Waals surface area contributed by atoms with Crippen LogP contribution in [0.25, 0.3) is 0 Å². The Hall–Kier alpha value is -1.50. The van der Waals surface area contributed by atoms with Crippen molar-refractivity contribution in [2.75, 3.05) is 31.7 Å². The number of benzene rings is 1. The third kappa shape index (κ3) is 3.77. The van der Waals surface area contributed by atoms with Crippen molar-refractivity contribution in [3.05, 3.63) is 41.4 Å². The van der Waals surface area contributed by atoms with Crippen molar-refractivity contribution in [1.29, 1.82) is 5.26 Å². The van der Waals surface area contributed by atoms with Crippen molar-refractivity contribution < 1.29 is 4.74 Å². The van der Waals surface area contributed by atoms with E-state index in [1.807, 2.05) is 12.1 Å². The maximum atomic E-state index is 8.78. The van der Waals surface area contributed by atoms with Gasteiger partial charge >= 0.3 is 0 Å². The second-order valence-corrected chi connectivity index (χ2v) is 3.91. The topological polar surface area (TPSA) is 36.3 Å². The van der Waals surface area contributed by atoms with Gasteiger partial charge in [0.2, 0.25) is 0 Å². The van der Waals surface area contributed by atoms with Gasteiger partial charge in [-0.1, -0.05) is 17.7 Å². The zero-order valence-corrected chi connectivity index (χ0v) is 10.6. The number of nitriles is 1. The van der Waals surface area contributed by atoms with E-state index in [-0.39, 0.29) is 0 Å². The smallest absolute Gasteiger partial charge is 0.0992 e. The number of anilines is 1. The van der Waals surface area contributed by atoms with Crippen molar-refractivity contribution in [3.8, 4) is 6.07 Å². The Labute approximate surface area is 107 Å². The maximum absolute atomic E-state index is 8.78. The first kappa shape index (κ1) is 13.6. The van der Waals surface area contributed by atoms with E-state index in [1.165, 1.54) is 0 Å². The Balaban J connectivity index is 2.93. The molecule has 0 radical (unpaired) electrons. The number of methoxy groups -OCH3 is 1. The minimum Gasteiger partial charge on any atom is -0.383 e. The number of nitrogens with zero attached hydrogens (tertiary/aromatic N) is 2. The molecule has 0 unspecified atom stereocenters. The lowest BCUT2D eigenvalue weighted by atomic mass is 10.2. The third-order valence-corrected chi connectivity index (χ3v) is 2.64. The monoisotopic (exact) mass is 250 g/mol. The molecule has 0 amide bonds. The summed E-state index contributed by atoms with van der Waals surface area (Å²) in [6.45, 7) is 5.75. The molecule has 0 bridgehead atoms. The van der Waals surface area contributed by atoms with Crippen LogP contribution in [0.5, 0.6) is 0 Å². The van der Waals surface area contributed by atoms with Crippen LogP contribution in [0.3, 0.4) is 0 Å². The average molecular weight is 251 g/mol. The van der Waals surface area contributed by atoms with E-state index in [9.17, 15) is 0 Å². The molecule has 0 saturated heterocycles. The lowest BCUT2D eigenvalue weighted by Gasteiger charge is -2.24. The first-order valence-corrected chi connectivity index (χ1v) is 5.65. The summed E-state index contributed by atoms with van der Waals surface area (Å²) in [7, 11) is 1.66. The van der Waals surface area contributed by atoms with Crippen molar-refractivity contribution in [3.63, 3.8) is 0 Å². The molecule has 0 aliphatic heterocycles. The van der Waals surface area contributed by atoms with Crippen LogP contribution in [-0.4, -0.2) is 26.8 Å². The molecule has 0 N–H and O–H groups in total. The molecule has 0 atom stereocenters. The molecule has 1 aromatic carbocycles. The predicted octanol–water partition coefficient (Wildman–Crippen LogP) is 2.85. The molecule has 3 nitrogen and oxygen atoms in total. The summed E-state index contributed by atoms with van der Waals surface area (Å²) in [5, 5.41) is 9.35. The SMILES string of the molecule is C=CCN(CCOC)c1ccc(C#N)cc1Cl. The normalized spacial score (nSPS) is 9.71. The minimum absolute atomic E-state index is 0.559. The highest BCUT2D eigenvalue weighted by Crippen LogP contribution is 2.26. The van der Waals surface area contributed by atoms with E-state index >= 15 is 0 Å². The lowest BCUT2D eigenvalue weighted by molar-refractivity contribution is 0.206. The molecular formula is C13H15ClN2O. The van der Waals surface area contributed by atoms with E-state index < -0.39 is 0 Å². The van der Waals surface area contributed by atoms with Gasteiger partial charge in [-0.05, 0) is 18.2 Å². The summed E-state index contributed by atoms with van der Waals surface area (Å²) < 4.78 is 5.05. The first-order chi connectivity index (χ1) is 8.22. The van der Waals surface area contributed by atoms with Crippen molar-refractivity contribution in [2.24, 2.45) is 0 Å². The van der Waals surface area contributed by atoms with Gasteiger partial charge in [-0.3, -0.25) is 0 Å². The molecule has 0 fully saturated rings. The molecule has 0 aliphatic carbocycles. The molecule has 0 aromatic heterocycles. The van der Waals surface area contributed by atoms with E-state index in [1.54, 1.807) is 19.2 Å². The largest absolute Gasteiger partial charge is 0.383 e. The Kier molecular flexibility index (Phi) is 5.55. The summed E-state index contributed by atoms with van der Waals surface area (Å²) in [6, 6.07) is 7.33. The fraction of sp³-hybridized carbons (Fsp3) is 0.308. The summed E-state index contributed by atoms with van der Waals surface area (Å²) in [4.78, 5) is 2.06. The second kappa shape index (κ2) is 6.95. The second-order valence-electron chi connectivity index (χ2n) is 3.51. The van der Waals surface area contributed by atoms with Crippen molar-refractivity contribution in [1.82, 2.24) is 0 Å². The predicted molar refractivity (Wildman–Crippen MR) is 70.5 cm³/mol. The van der Waals surface area contributed by atoms with Crippen LogP contribution in [0.15, 0.2) is 30.9 Å². The van der Waals surface area contributed by atoms with Gasteiger partial charge in [0.1, 0.15) is 0 Å². The van der Waals surface area contributed by atoms with E-state index in [0.29, 0.717) is 23.7 Å². The summed E-state index contributed by atoms with van der Waals surface area (Å²) in [6.07, 6.45) is 1.81. The van der Waals surface area contributed by atoms with Crippen molar-refractivity contribution in [2.45, 2.75) is 0 Å². The lowest BCUT2D eigenvalue weighted by Crippen LogP contribution is -2.27. The summed E-state index contributed by atoms with van der Waals surface area (Å²) >= 11 is 6.15. The molecule has 1 rings (SSSR count). The number of rotatable bonds is 6. The number of hydrogen-bond acceptors (Lipinski definition) is 3. The molecule has 0 saturated carbocycles. The zero-order valence-electron chi connectivity index (χ0n) is 9.82. The highest BCUT2D eigenvalue weighted by molar-refractivity contribution is 6.33. The third-order valence-electron chi connectivity index (χ3n) is 2.33. The molecule has 1 aromatic rings. The molecular weight excluding hydrogens is 236 g/mol. The fourth-order valence-electron chi connectivity index (χ4n) is 1.50. The molecule has 17 heavy (non-hydrogen) atoms. The molecule has 0 heterocycles. The van der Waals surface area contributed by atoms with Crippen LogP contribution < -0.4 is 4.90 Å². The Morgan fingerprint density at radius 3 is 2.88 bits per heavy atom. The van der Waals surface area contributed by atoms with Gasteiger partial charge < -0.3 is 9.64 Å². The number of hydrogen-bond donors (Lipinski definition) is 0. The number of halogens is 1. The summed E-state index contributed by atoms with van der Waals surface area (Å²) in [5.74, 6) is 0. The van der Waals surface area contributed by atoms with E-state index in [0.717, 1.165) is 12.2 Å². The van der Waals surface area contributed by atoms with Gasteiger partial charge in [0.05, 0.1) is 28.9 Å². The van der Waals surface area contributed by atoms with Gasteiger partial charge in [-0.25, -0.2) is 0 Å². The first-order valence-electron chi connectivity index (χ1n) is 5.27.